The molecule has 1 aliphatic rings. The van der Waals surface area contributed by atoms with Gasteiger partial charge in [0.1, 0.15) is 5.75 Å². The van der Waals surface area contributed by atoms with Gasteiger partial charge in [0.25, 0.3) is 5.91 Å². The minimum absolute atomic E-state index is 0.0543. The molecule has 1 aromatic carbocycles. The molecular weight excluding hydrogens is 296 g/mol. The monoisotopic (exact) mass is 312 g/mol. The molecule has 98 valence electrons. The summed E-state index contributed by atoms with van der Waals surface area (Å²) in [6, 6.07) is 7.52. The van der Waals surface area contributed by atoms with Crippen molar-refractivity contribution in [3.05, 3.63) is 28.7 Å². The minimum Gasteiger partial charge on any atom is -0.484 e. The highest BCUT2D eigenvalue weighted by Crippen LogP contribution is 2.17. The average molecular weight is 313 g/mol. The number of ether oxygens (including phenoxy) is 1. The lowest BCUT2D eigenvalue weighted by atomic mass is 10.3. The van der Waals surface area contributed by atoms with Crippen molar-refractivity contribution < 1.29 is 9.53 Å². The number of carbonyl (C=O) groups excluding carboxylic acids is 1. The quantitative estimate of drug-likeness (QED) is 0.922. The molecule has 1 aromatic rings. The molecule has 0 bridgehead atoms. The molecule has 1 saturated heterocycles. The van der Waals surface area contributed by atoms with E-state index in [1.807, 2.05) is 29.2 Å². The molecule has 1 aliphatic heterocycles. The summed E-state index contributed by atoms with van der Waals surface area (Å²) >= 11 is 3.37. The Morgan fingerprint density at radius 3 is 3.11 bits per heavy atom. The van der Waals surface area contributed by atoms with Gasteiger partial charge in [-0.3, -0.25) is 4.79 Å². The van der Waals surface area contributed by atoms with E-state index in [1.54, 1.807) is 0 Å². The lowest BCUT2D eigenvalue weighted by Crippen LogP contribution is -2.37. The molecule has 0 atom stereocenters. The normalized spacial score (nSPS) is 16.2. The summed E-state index contributed by atoms with van der Waals surface area (Å²) in [6.07, 6.45) is 1.00. The first-order valence-electron chi connectivity index (χ1n) is 6.12. The van der Waals surface area contributed by atoms with Gasteiger partial charge in [0, 0.05) is 24.1 Å². The van der Waals surface area contributed by atoms with Crippen molar-refractivity contribution in [2.24, 2.45) is 0 Å². The van der Waals surface area contributed by atoms with E-state index in [9.17, 15) is 4.79 Å². The Morgan fingerprint density at radius 2 is 2.28 bits per heavy atom. The molecule has 1 fully saturated rings. The molecule has 0 unspecified atom stereocenters. The van der Waals surface area contributed by atoms with Crippen molar-refractivity contribution in [3.63, 3.8) is 0 Å². The van der Waals surface area contributed by atoms with Gasteiger partial charge in [-0.1, -0.05) is 22.0 Å². The number of hydrogen-bond acceptors (Lipinski definition) is 3. The van der Waals surface area contributed by atoms with Gasteiger partial charge in [-0.15, -0.1) is 0 Å². The Hall–Kier alpha value is -1.07. The van der Waals surface area contributed by atoms with Crippen LogP contribution in [0.4, 0.5) is 0 Å². The van der Waals surface area contributed by atoms with E-state index >= 15 is 0 Å². The summed E-state index contributed by atoms with van der Waals surface area (Å²) in [7, 11) is 0. The second kappa shape index (κ2) is 6.75. The van der Waals surface area contributed by atoms with E-state index in [0.717, 1.165) is 37.1 Å². The van der Waals surface area contributed by atoms with E-state index in [2.05, 4.69) is 21.2 Å². The second-order valence-electron chi connectivity index (χ2n) is 4.23. The third-order valence-corrected chi connectivity index (χ3v) is 3.34. The number of hydrogen-bond donors (Lipinski definition) is 1. The molecule has 5 heteroatoms. The maximum Gasteiger partial charge on any atom is 0.260 e. The van der Waals surface area contributed by atoms with E-state index < -0.39 is 0 Å². The van der Waals surface area contributed by atoms with Crippen molar-refractivity contribution in [1.82, 2.24) is 10.2 Å². The van der Waals surface area contributed by atoms with Crippen molar-refractivity contribution in [3.8, 4) is 5.75 Å². The van der Waals surface area contributed by atoms with Crippen LogP contribution in [-0.2, 0) is 4.79 Å². The standard InChI is InChI=1S/C13H17BrN2O2/c14-11-3-1-4-12(9-11)18-10-13(17)16-7-2-5-15-6-8-16/h1,3-4,9,15H,2,5-8,10H2. The van der Waals surface area contributed by atoms with Crippen molar-refractivity contribution in [2.45, 2.75) is 6.42 Å². The van der Waals surface area contributed by atoms with Gasteiger partial charge in [-0.2, -0.15) is 0 Å². The van der Waals surface area contributed by atoms with Crippen LogP contribution in [0, 0.1) is 0 Å². The van der Waals surface area contributed by atoms with Crippen molar-refractivity contribution in [2.75, 3.05) is 32.8 Å². The Kier molecular flexibility index (Phi) is 5.01. The zero-order valence-electron chi connectivity index (χ0n) is 10.2. The third kappa shape index (κ3) is 3.99. The van der Waals surface area contributed by atoms with E-state index in [4.69, 9.17) is 4.74 Å². The molecule has 0 aliphatic carbocycles. The molecule has 1 amide bonds. The molecule has 0 saturated carbocycles. The summed E-state index contributed by atoms with van der Waals surface area (Å²) in [5.41, 5.74) is 0. The van der Waals surface area contributed by atoms with Crippen LogP contribution in [0.15, 0.2) is 28.7 Å². The molecule has 18 heavy (non-hydrogen) atoms. The van der Waals surface area contributed by atoms with Crippen LogP contribution in [0.3, 0.4) is 0 Å². The van der Waals surface area contributed by atoms with Crippen LogP contribution in [0.25, 0.3) is 0 Å². The fourth-order valence-corrected chi connectivity index (χ4v) is 2.27. The first-order valence-corrected chi connectivity index (χ1v) is 6.92. The van der Waals surface area contributed by atoms with Gasteiger partial charge >= 0.3 is 0 Å². The topological polar surface area (TPSA) is 41.6 Å². The fourth-order valence-electron chi connectivity index (χ4n) is 1.89. The molecule has 4 nitrogen and oxygen atoms in total. The number of nitrogens with one attached hydrogen (secondary N) is 1. The Morgan fingerprint density at radius 1 is 1.39 bits per heavy atom. The number of nitrogens with zero attached hydrogens (tertiary/aromatic N) is 1. The van der Waals surface area contributed by atoms with Gasteiger partial charge in [-0.25, -0.2) is 0 Å². The molecule has 2 rings (SSSR count). The van der Waals surface area contributed by atoms with Crippen molar-refractivity contribution >= 4 is 21.8 Å². The SMILES string of the molecule is O=C(COc1cccc(Br)c1)N1CCCNCC1. The Bertz CT molecular complexity index is 404. The number of benzene rings is 1. The van der Waals surface area contributed by atoms with Crippen molar-refractivity contribution in [1.29, 1.82) is 0 Å². The predicted molar refractivity (Wildman–Crippen MR) is 73.7 cm³/mol. The number of amides is 1. The van der Waals surface area contributed by atoms with Crippen LogP contribution in [0.5, 0.6) is 5.75 Å². The highest BCUT2D eigenvalue weighted by molar-refractivity contribution is 9.10. The fraction of sp³-hybridized carbons (Fsp3) is 0.462. The van der Waals surface area contributed by atoms with Crippen LogP contribution >= 0.6 is 15.9 Å². The van der Waals surface area contributed by atoms with E-state index in [-0.39, 0.29) is 12.5 Å². The number of rotatable bonds is 3. The third-order valence-electron chi connectivity index (χ3n) is 2.85. The lowest BCUT2D eigenvalue weighted by molar-refractivity contribution is -0.133. The number of halogens is 1. The lowest BCUT2D eigenvalue weighted by Gasteiger charge is -2.20. The highest BCUT2D eigenvalue weighted by Gasteiger charge is 2.15. The van der Waals surface area contributed by atoms with Gasteiger partial charge < -0.3 is 15.0 Å². The molecule has 0 aromatic heterocycles. The molecule has 0 radical (unpaired) electrons. The van der Waals surface area contributed by atoms with E-state index in [1.165, 1.54) is 0 Å². The largest absolute Gasteiger partial charge is 0.484 e. The summed E-state index contributed by atoms with van der Waals surface area (Å²) in [4.78, 5) is 13.8. The smallest absolute Gasteiger partial charge is 0.260 e. The number of carbonyl (C=O) groups is 1. The predicted octanol–water partition coefficient (Wildman–Crippen LogP) is 1.65. The van der Waals surface area contributed by atoms with Gasteiger partial charge in [0.15, 0.2) is 6.61 Å². The first-order chi connectivity index (χ1) is 8.75. The van der Waals surface area contributed by atoms with Gasteiger partial charge in [0.05, 0.1) is 0 Å². The maximum absolute atomic E-state index is 12.0. The van der Waals surface area contributed by atoms with Crippen LogP contribution < -0.4 is 10.1 Å². The first kappa shape index (κ1) is 13.4. The zero-order chi connectivity index (χ0) is 12.8. The van der Waals surface area contributed by atoms with Gasteiger partial charge in [0.2, 0.25) is 0 Å². The van der Waals surface area contributed by atoms with Crippen LogP contribution in [0.1, 0.15) is 6.42 Å². The van der Waals surface area contributed by atoms with E-state index in [0.29, 0.717) is 5.75 Å². The summed E-state index contributed by atoms with van der Waals surface area (Å²) in [5.74, 6) is 0.768. The molecule has 1 heterocycles. The average Bonchev–Trinajstić information content (AvgIpc) is 2.65. The Balaban J connectivity index is 1.83. The summed E-state index contributed by atoms with van der Waals surface area (Å²) in [6.45, 7) is 3.53. The second-order valence-corrected chi connectivity index (χ2v) is 5.15. The summed E-state index contributed by atoms with van der Waals surface area (Å²) < 4.78 is 6.45. The zero-order valence-corrected chi connectivity index (χ0v) is 11.8. The van der Waals surface area contributed by atoms with Crippen LogP contribution in [-0.4, -0.2) is 43.6 Å². The minimum atomic E-state index is 0.0543. The Labute approximate surface area is 115 Å². The van der Waals surface area contributed by atoms with Crippen LogP contribution in [0.2, 0.25) is 0 Å². The highest BCUT2D eigenvalue weighted by atomic mass is 79.9. The maximum atomic E-state index is 12.0. The molecule has 1 N–H and O–H groups in total. The van der Waals surface area contributed by atoms with Gasteiger partial charge in [-0.05, 0) is 31.2 Å². The summed E-state index contributed by atoms with van der Waals surface area (Å²) in [5, 5.41) is 3.27. The molecule has 0 spiro atoms. The molecular formula is C13H17BrN2O2.